The van der Waals surface area contributed by atoms with E-state index in [1.165, 1.54) is 0 Å². The number of carbonyl (C=O) groups is 2. The maximum atomic E-state index is 14.4. The molecule has 1 amide bonds. The van der Waals surface area contributed by atoms with Crippen molar-refractivity contribution >= 4 is 37.6 Å². The summed E-state index contributed by atoms with van der Waals surface area (Å²) in [5, 5.41) is 9.09. The molecule has 1 heterocycles. The summed E-state index contributed by atoms with van der Waals surface area (Å²) >= 11 is 3.04. The van der Waals surface area contributed by atoms with Gasteiger partial charge in [-0.15, -0.1) is 0 Å². The largest absolute Gasteiger partial charge is 0.480 e. The Morgan fingerprint density at radius 3 is 2.59 bits per heavy atom. The van der Waals surface area contributed by atoms with Crippen LogP contribution >= 0.6 is 15.9 Å². The van der Waals surface area contributed by atoms with Gasteiger partial charge in [-0.3, -0.25) is 4.79 Å². The second-order valence-electron chi connectivity index (χ2n) is 5.03. The topological polar surface area (TPSA) is 91.8 Å². The van der Waals surface area contributed by atoms with Crippen LogP contribution in [-0.2, 0) is 14.6 Å². The molecule has 1 fully saturated rings. The van der Waals surface area contributed by atoms with Crippen molar-refractivity contribution in [3.63, 3.8) is 0 Å². The predicted molar refractivity (Wildman–Crippen MR) is 78.9 cm³/mol. The van der Waals surface area contributed by atoms with E-state index in [2.05, 4.69) is 15.9 Å². The fourth-order valence-electron chi connectivity index (χ4n) is 2.41. The summed E-state index contributed by atoms with van der Waals surface area (Å²) in [6.45, 7) is 0.190. The van der Waals surface area contributed by atoms with Crippen LogP contribution in [0.25, 0.3) is 0 Å². The molecule has 1 atom stereocenters. The Bertz CT molecular complexity index is 749. The monoisotopic (exact) mass is 393 g/mol. The molecule has 0 aromatic heterocycles. The van der Waals surface area contributed by atoms with E-state index in [-0.39, 0.29) is 17.4 Å². The van der Waals surface area contributed by atoms with Crippen molar-refractivity contribution in [2.24, 2.45) is 0 Å². The van der Waals surface area contributed by atoms with Gasteiger partial charge in [0.25, 0.3) is 5.91 Å². The van der Waals surface area contributed by atoms with Crippen LogP contribution in [0.2, 0.25) is 0 Å². The van der Waals surface area contributed by atoms with Crippen LogP contribution in [0.1, 0.15) is 23.2 Å². The summed E-state index contributed by atoms with van der Waals surface area (Å²) in [7, 11) is -3.86. The van der Waals surface area contributed by atoms with E-state index >= 15 is 0 Å². The third-order valence-corrected chi connectivity index (χ3v) is 4.99. The number of hydrogen-bond donors (Lipinski definition) is 1. The molecular formula is C13H13BrFNO5S. The molecule has 0 saturated carbocycles. The molecule has 9 heteroatoms. The summed E-state index contributed by atoms with van der Waals surface area (Å²) in [5.41, 5.74) is -0.456. The van der Waals surface area contributed by atoms with Gasteiger partial charge in [-0.2, -0.15) is 0 Å². The highest BCUT2D eigenvalue weighted by molar-refractivity contribution is 9.10. The molecule has 22 heavy (non-hydrogen) atoms. The molecule has 0 radical (unpaired) electrons. The first kappa shape index (κ1) is 16.9. The smallest absolute Gasteiger partial charge is 0.326 e. The lowest BCUT2D eigenvalue weighted by Crippen LogP contribution is -2.40. The van der Waals surface area contributed by atoms with E-state index in [1.807, 2.05) is 0 Å². The Labute approximate surface area is 135 Å². The Morgan fingerprint density at radius 1 is 1.41 bits per heavy atom. The maximum absolute atomic E-state index is 14.4. The average molecular weight is 394 g/mol. The minimum absolute atomic E-state index is 0.190. The number of halogens is 2. The van der Waals surface area contributed by atoms with Gasteiger partial charge in [-0.25, -0.2) is 17.6 Å². The number of nitrogens with zero attached hydrogens (tertiary/aromatic N) is 1. The molecule has 1 saturated heterocycles. The van der Waals surface area contributed by atoms with Crippen LogP contribution in [-0.4, -0.2) is 49.1 Å². The van der Waals surface area contributed by atoms with Crippen molar-refractivity contribution in [1.29, 1.82) is 0 Å². The van der Waals surface area contributed by atoms with Crippen molar-refractivity contribution in [2.45, 2.75) is 23.8 Å². The number of carboxylic acids is 1. The zero-order chi connectivity index (χ0) is 16.7. The summed E-state index contributed by atoms with van der Waals surface area (Å²) in [4.78, 5) is 24.0. The second kappa shape index (κ2) is 5.96. The Balaban J connectivity index is 2.51. The highest BCUT2D eigenvalue weighted by Gasteiger charge is 2.36. The molecule has 1 aliphatic heterocycles. The number of amides is 1. The Kier molecular flexibility index (Phi) is 4.57. The molecule has 0 spiro atoms. The van der Waals surface area contributed by atoms with Gasteiger partial charge in [0.05, 0.1) is 5.56 Å². The summed E-state index contributed by atoms with van der Waals surface area (Å²) < 4.78 is 37.8. The zero-order valence-corrected chi connectivity index (χ0v) is 13.9. The quantitative estimate of drug-likeness (QED) is 0.843. The van der Waals surface area contributed by atoms with Gasteiger partial charge in [0.2, 0.25) is 0 Å². The lowest BCUT2D eigenvalue weighted by atomic mass is 10.1. The molecule has 1 aromatic rings. The van der Waals surface area contributed by atoms with Gasteiger partial charge in [0, 0.05) is 17.3 Å². The second-order valence-corrected chi connectivity index (χ2v) is 7.93. The van der Waals surface area contributed by atoms with Crippen LogP contribution in [0.15, 0.2) is 21.5 Å². The van der Waals surface area contributed by atoms with Crippen molar-refractivity contribution in [3.8, 4) is 0 Å². The summed E-state index contributed by atoms with van der Waals surface area (Å²) in [6.07, 6.45) is 1.62. The Morgan fingerprint density at radius 2 is 2.05 bits per heavy atom. The first-order chi connectivity index (χ1) is 10.1. The van der Waals surface area contributed by atoms with Crippen LogP contribution in [0, 0.1) is 5.82 Å². The van der Waals surface area contributed by atoms with Gasteiger partial charge in [-0.1, -0.05) is 15.9 Å². The summed E-state index contributed by atoms with van der Waals surface area (Å²) in [5.74, 6) is -3.15. The normalized spacial score (nSPS) is 18.5. The van der Waals surface area contributed by atoms with Gasteiger partial charge in [-0.05, 0) is 25.0 Å². The van der Waals surface area contributed by atoms with E-state index in [9.17, 15) is 22.4 Å². The van der Waals surface area contributed by atoms with E-state index in [4.69, 9.17) is 5.11 Å². The number of carbonyl (C=O) groups excluding carboxylic acids is 1. The fourth-order valence-corrected chi connectivity index (χ4v) is 3.80. The number of sulfone groups is 1. The number of likely N-dealkylation sites (tertiary alicyclic amines) is 1. The van der Waals surface area contributed by atoms with Crippen LogP contribution in [0.5, 0.6) is 0 Å². The predicted octanol–water partition coefficient (Wildman–Crippen LogP) is 1.68. The molecule has 2 rings (SSSR count). The lowest BCUT2D eigenvalue weighted by Gasteiger charge is -2.22. The van der Waals surface area contributed by atoms with E-state index < -0.39 is 44.0 Å². The fraction of sp³-hybridized carbons (Fsp3) is 0.385. The van der Waals surface area contributed by atoms with Crippen LogP contribution in [0.4, 0.5) is 4.39 Å². The van der Waals surface area contributed by atoms with Gasteiger partial charge in [0.15, 0.2) is 15.7 Å². The maximum Gasteiger partial charge on any atom is 0.326 e. The lowest BCUT2D eigenvalue weighted by molar-refractivity contribution is -0.141. The highest BCUT2D eigenvalue weighted by atomic mass is 79.9. The van der Waals surface area contributed by atoms with Crippen molar-refractivity contribution in [3.05, 3.63) is 28.0 Å². The minimum atomic E-state index is -3.86. The number of rotatable bonds is 3. The van der Waals surface area contributed by atoms with Crippen LogP contribution < -0.4 is 0 Å². The molecule has 6 nitrogen and oxygen atoms in total. The molecule has 1 N–H and O–H groups in total. The van der Waals surface area contributed by atoms with Crippen molar-refractivity contribution in [2.75, 3.05) is 12.8 Å². The molecule has 1 aliphatic rings. The zero-order valence-electron chi connectivity index (χ0n) is 11.5. The van der Waals surface area contributed by atoms with Crippen LogP contribution in [0.3, 0.4) is 0 Å². The summed E-state index contributed by atoms with van der Waals surface area (Å²) in [6, 6.07) is 1.21. The SMILES string of the molecule is CS(=O)(=O)c1cc(Br)cc(C(=O)N2CCCC2C(=O)O)c1F. The van der Waals surface area contributed by atoms with Crippen molar-refractivity contribution in [1.82, 2.24) is 4.90 Å². The van der Waals surface area contributed by atoms with Gasteiger partial charge in [0.1, 0.15) is 10.9 Å². The van der Waals surface area contributed by atoms with Gasteiger partial charge >= 0.3 is 5.97 Å². The molecule has 0 aliphatic carbocycles. The average Bonchev–Trinajstić information content (AvgIpc) is 2.88. The number of hydrogen-bond acceptors (Lipinski definition) is 4. The molecule has 1 aromatic carbocycles. The first-order valence-electron chi connectivity index (χ1n) is 6.36. The number of carboxylic acid groups (broad SMARTS) is 1. The van der Waals surface area contributed by atoms with Crippen molar-refractivity contribution < 1.29 is 27.5 Å². The van der Waals surface area contributed by atoms with E-state index in [0.29, 0.717) is 6.42 Å². The Hall–Kier alpha value is -1.48. The van der Waals surface area contributed by atoms with Gasteiger partial charge < -0.3 is 10.0 Å². The first-order valence-corrected chi connectivity index (χ1v) is 9.04. The number of aliphatic carboxylic acids is 1. The number of benzene rings is 1. The minimum Gasteiger partial charge on any atom is -0.480 e. The molecule has 0 bridgehead atoms. The van der Waals surface area contributed by atoms with E-state index in [0.717, 1.165) is 23.3 Å². The molecule has 1 unspecified atom stereocenters. The standard InChI is InChI=1S/C13H13BrFNO5S/c1-22(20,21)10-6-7(14)5-8(11(10)15)12(17)16-4-2-3-9(16)13(18)19/h5-6,9H,2-4H2,1H3,(H,18,19). The highest BCUT2D eigenvalue weighted by Crippen LogP contribution is 2.27. The molecular weight excluding hydrogens is 381 g/mol. The van der Waals surface area contributed by atoms with E-state index in [1.54, 1.807) is 0 Å². The molecule has 120 valence electrons. The third-order valence-electron chi connectivity index (χ3n) is 3.43. The third kappa shape index (κ3) is 3.14.